The van der Waals surface area contributed by atoms with Gasteiger partial charge in [-0.1, -0.05) is 34.1 Å². The predicted molar refractivity (Wildman–Crippen MR) is 60.9 cm³/mol. The molecule has 14 heavy (non-hydrogen) atoms. The van der Waals surface area contributed by atoms with Gasteiger partial charge in [0.05, 0.1) is 12.0 Å². The summed E-state index contributed by atoms with van der Waals surface area (Å²) in [7, 11) is 0. The minimum absolute atomic E-state index is 0.255. The first-order valence-electron chi connectivity index (χ1n) is 5.91. The summed E-state index contributed by atoms with van der Waals surface area (Å²) in [5, 5.41) is 12.1. The van der Waals surface area contributed by atoms with Gasteiger partial charge >= 0.3 is 0 Å². The number of piperidine rings is 1. The first kappa shape index (κ1) is 13.4. The second kappa shape index (κ2) is 7.82. The quantitative estimate of drug-likeness (QED) is 0.737. The first-order chi connectivity index (χ1) is 6.77. The van der Waals surface area contributed by atoms with Crippen molar-refractivity contribution in [1.82, 2.24) is 5.32 Å². The smallest absolute Gasteiger partial charge is 0.0669 e. The highest BCUT2D eigenvalue weighted by Crippen LogP contribution is 2.20. The average Bonchev–Trinajstić information content (AvgIpc) is 2.31. The molecule has 1 aliphatic heterocycles. The van der Waals surface area contributed by atoms with Crippen molar-refractivity contribution in [2.45, 2.75) is 53.0 Å². The third-order valence-electron chi connectivity index (χ3n) is 2.97. The fourth-order valence-corrected chi connectivity index (χ4v) is 1.76. The molecule has 0 aromatic carbocycles. The molecular formula is C12H24N2. The third kappa shape index (κ3) is 4.11. The summed E-state index contributed by atoms with van der Waals surface area (Å²) >= 11 is 0. The van der Waals surface area contributed by atoms with Crippen LogP contribution < -0.4 is 5.32 Å². The lowest BCUT2D eigenvalue weighted by Crippen LogP contribution is -2.42. The summed E-state index contributed by atoms with van der Waals surface area (Å²) in [5.41, 5.74) is 0. The first-order valence-corrected chi connectivity index (χ1v) is 5.91. The fourth-order valence-electron chi connectivity index (χ4n) is 1.76. The van der Waals surface area contributed by atoms with Crippen molar-refractivity contribution in [3.05, 3.63) is 0 Å². The van der Waals surface area contributed by atoms with Crippen molar-refractivity contribution in [2.75, 3.05) is 6.54 Å². The minimum Gasteiger partial charge on any atom is -0.312 e. The summed E-state index contributed by atoms with van der Waals surface area (Å²) < 4.78 is 0. The van der Waals surface area contributed by atoms with Crippen LogP contribution in [0.4, 0.5) is 0 Å². The second-order valence-corrected chi connectivity index (χ2v) is 3.80. The summed E-state index contributed by atoms with van der Waals surface area (Å²) in [6.07, 6.45) is 3.49. The minimum atomic E-state index is 0.255. The largest absolute Gasteiger partial charge is 0.312 e. The second-order valence-electron chi connectivity index (χ2n) is 3.80. The van der Waals surface area contributed by atoms with E-state index in [0.717, 1.165) is 18.9 Å². The van der Waals surface area contributed by atoms with Crippen LogP contribution in [0.3, 0.4) is 0 Å². The van der Waals surface area contributed by atoms with Crippen molar-refractivity contribution in [2.24, 2.45) is 11.8 Å². The van der Waals surface area contributed by atoms with Crippen LogP contribution in [-0.2, 0) is 0 Å². The van der Waals surface area contributed by atoms with Gasteiger partial charge in [0.25, 0.3) is 0 Å². The average molecular weight is 196 g/mol. The van der Waals surface area contributed by atoms with Gasteiger partial charge in [-0.2, -0.15) is 5.26 Å². The Hall–Kier alpha value is -0.550. The van der Waals surface area contributed by atoms with E-state index in [1.807, 2.05) is 13.8 Å². The van der Waals surface area contributed by atoms with Crippen LogP contribution >= 0.6 is 0 Å². The molecule has 0 radical (unpaired) electrons. The van der Waals surface area contributed by atoms with E-state index in [-0.39, 0.29) is 5.92 Å². The Bertz CT molecular complexity index is 164. The molecule has 0 spiro atoms. The molecule has 1 saturated heterocycles. The van der Waals surface area contributed by atoms with E-state index < -0.39 is 0 Å². The zero-order valence-corrected chi connectivity index (χ0v) is 10.0. The molecule has 82 valence electrons. The van der Waals surface area contributed by atoms with E-state index in [2.05, 4.69) is 25.2 Å². The number of hydrogen-bond acceptors (Lipinski definition) is 2. The maximum absolute atomic E-state index is 8.68. The third-order valence-corrected chi connectivity index (χ3v) is 2.97. The van der Waals surface area contributed by atoms with Gasteiger partial charge in [0, 0.05) is 12.6 Å². The Kier molecular flexibility index (Phi) is 7.51. The molecule has 0 aliphatic carbocycles. The Balaban J connectivity index is 0.000000791. The molecule has 2 nitrogen and oxygen atoms in total. The molecular weight excluding hydrogens is 172 g/mol. The summed E-state index contributed by atoms with van der Waals surface area (Å²) in [6, 6.07) is 2.97. The summed E-state index contributed by atoms with van der Waals surface area (Å²) in [5.74, 6) is 1.01. The Morgan fingerprint density at radius 3 is 2.43 bits per heavy atom. The van der Waals surface area contributed by atoms with Gasteiger partial charge in [-0.05, 0) is 18.8 Å². The Morgan fingerprint density at radius 2 is 2.07 bits per heavy atom. The molecule has 1 rings (SSSR count). The zero-order chi connectivity index (χ0) is 11.0. The maximum Gasteiger partial charge on any atom is 0.0669 e. The Morgan fingerprint density at radius 1 is 1.43 bits per heavy atom. The monoisotopic (exact) mass is 196 g/mol. The lowest BCUT2D eigenvalue weighted by Gasteiger charge is -2.30. The molecule has 0 saturated carbocycles. The molecule has 0 aromatic heterocycles. The summed E-state index contributed by atoms with van der Waals surface area (Å²) in [6.45, 7) is 9.40. The lowest BCUT2D eigenvalue weighted by molar-refractivity contribution is 0.278. The number of nitriles is 1. The normalized spacial score (nSPS) is 28.2. The highest BCUT2D eigenvalue weighted by atomic mass is 14.9. The highest BCUT2D eigenvalue weighted by Gasteiger charge is 2.23. The SMILES string of the molecule is CC.CCC(C)C1CCC(C#N)CN1. The van der Waals surface area contributed by atoms with Crippen molar-refractivity contribution in [1.29, 1.82) is 5.26 Å². The van der Waals surface area contributed by atoms with E-state index in [4.69, 9.17) is 5.26 Å². The van der Waals surface area contributed by atoms with Gasteiger partial charge in [-0.3, -0.25) is 0 Å². The topological polar surface area (TPSA) is 35.8 Å². The van der Waals surface area contributed by atoms with Crippen LogP contribution in [0.1, 0.15) is 47.0 Å². The van der Waals surface area contributed by atoms with Gasteiger partial charge in [0.1, 0.15) is 0 Å². The standard InChI is InChI=1S/C10H18N2.C2H6/c1-3-8(2)10-5-4-9(6-11)7-12-10;1-2/h8-10,12H,3-5,7H2,1-2H3;1-2H3. The predicted octanol–water partition coefficient (Wildman–Crippen LogP) is 2.95. The number of nitrogens with zero attached hydrogens (tertiary/aromatic N) is 1. The molecule has 1 heterocycles. The van der Waals surface area contributed by atoms with Crippen LogP contribution in [0.15, 0.2) is 0 Å². The molecule has 0 bridgehead atoms. The molecule has 1 fully saturated rings. The van der Waals surface area contributed by atoms with E-state index in [0.29, 0.717) is 6.04 Å². The number of hydrogen-bond donors (Lipinski definition) is 1. The molecule has 1 aliphatic rings. The molecule has 3 atom stereocenters. The summed E-state index contributed by atoms with van der Waals surface area (Å²) in [4.78, 5) is 0. The molecule has 0 amide bonds. The van der Waals surface area contributed by atoms with Crippen LogP contribution in [0.25, 0.3) is 0 Å². The van der Waals surface area contributed by atoms with Gasteiger partial charge < -0.3 is 5.32 Å². The van der Waals surface area contributed by atoms with Crippen LogP contribution in [0.5, 0.6) is 0 Å². The molecule has 3 unspecified atom stereocenters. The van der Waals surface area contributed by atoms with Gasteiger partial charge in [0.15, 0.2) is 0 Å². The van der Waals surface area contributed by atoms with Crippen molar-refractivity contribution in [3.63, 3.8) is 0 Å². The highest BCUT2D eigenvalue weighted by molar-refractivity contribution is 4.91. The van der Waals surface area contributed by atoms with Crippen molar-refractivity contribution < 1.29 is 0 Å². The van der Waals surface area contributed by atoms with E-state index in [1.54, 1.807) is 0 Å². The van der Waals surface area contributed by atoms with Crippen LogP contribution in [0.2, 0.25) is 0 Å². The van der Waals surface area contributed by atoms with E-state index in [1.165, 1.54) is 12.8 Å². The van der Waals surface area contributed by atoms with E-state index in [9.17, 15) is 0 Å². The van der Waals surface area contributed by atoms with Gasteiger partial charge in [0.2, 0.25) is 0 Å². The molecule has 2 heteroatoms. The van der Waals surface area contributed by atoms with E-state index >= 15 is 0 Å². The number of nitrogens with one attached hydrogen (secondary N) is 1. The van der Waals surface area contributed by atoms with Gasteiger partial charge in [-0.15, -0.1) is 0 Å². The Labute approximate surface area is 88.7 Å². The van der Waals surface area contributed by atoms with Crippen LogP contribution in [0, 0.1) is 23.2 Å². The van der Waals surface area contributed by atoms with Gasteiger partial charge in [-0.25, -0.2) is 0 Å². The number of rotatable bonds is 2. The van der Waals surface area contributed by atoms with Crippen molar-refractivity contribution in [3.8, 4) is 6.07 Å². The van der Waals surface area contributed by atoms with Crippen molar-refractivity contribution >= 4 is 0 Å². The molecule has 0 aromatic rings. The zero-order valence-electron chi connectivity index (χ0n) is 10.0. The lowest BCUT2D eigenvalue weighted by atomic mass is 9.88. The maximum atomic E-state index is 8.68. The fraction of sp³-hybridized carbons (Fsp3) is 0.917. The molecule has 1 N–H and O–H groups in total. The van der Waals surface area contributed by atoms with Crippen LogP contribution in [-0.4, -0.2) is 12.6 Å².